The van der Waals surface area contributed by atoms with Crippen molar-refractivity contribution < 1.29 is 27.1 Å². The maximum absolute atomic E-state index is 14.3. The van der Waals surface area contributed by atoms with Gasteiger partial charge in [0.05, 0.1) is 13.2 Å². The lowest BCUT2D eigenvalue weighted by molar-refractivity contribution is -0.115. The van der Waals surface area contributed by atoms with E-state index in [9.17, 15) is 22.4 Å². The number of hydrogen-bond acceptors (Lipinski definition) is 5. The number of carbonyl (C=O) groups is 2. The molecule has 2 aromatic rings. The number of sulfonamides is 1. The van der Waals surface area contributed by atoms with Crippen molar-refractivity contribution in [3.63, 3.8) is 0 Å². The molecule has 1 aliphatic rings. The van der Waals surface area contributed by atoms with Crippen LogP contribution in [0.15, 0.2) is 47.4 Å². The Morgan fingerprint density at radius 3 is 2.47 bits per heavy atom. The molecule has 10 heteroatoms. The summed E-state index contributed by atoms with van der Waals surface area (Å²) in [5, 5.41) is 5.23. The quantitative estimate of drug-likeness (QED) is 0.725. The Morgan fingerprint density at radius 1 is 1.07 bits per heavy atom. The monoisotopic (exact) mass is 435 g/mol. The van der Waals surface area contributed by atoms with Crippen LogP contribution >= 0.6 is 0 Å². The number of rotatable bonds is 6. The summed E-state index contributed by atoms with van der Waals surface area (Å²) in [5.74, 6) is -1.61. The highest BCUT2D eigenvalue weighted by Gasteiger charge is 2.29. The zero-order valence-electron chi connectivity index (χ0n) is 16.4. The predicted octanol–water partition coefficient (Wildman–Crippen LogP) is 2.45. The maximum Gasteiger partial charge on any atom is 0.255 e. The van der Waals surface area contributed by atoms with E-state index in [1.807, 2.05) is 0 Å². The molecule has 1 saturated heterocycles. The lowest BCUT2D eigenvalue weighted by Gasteiger charge is -2.26. The SMILES string of the molecule is CCC(=O)Nc1cccc(C(=O)Nc2ccc(F)c(S(=O)(=O)N3CCOCC3)c2)c1. The van der Waals surface area contributed by atoms with Gasteiger partial charge in [0.15, 0.2) is 0 Å². The molecule has 0 aromatic heterocycles. The number of morpholine rings is 1. The van der Waals surface area contributed by atoms with Crippen LogP contribution in [0.1, 0.15) is 23.7 Å². The number of hydrogen-bond donors (Lipinski definition) is 2. The molecule has 0 spiro atoms. The van der Waals surface area contributed by atoms with Gasteiger partial charge >= 0.3 is 0 Å². The first kappa shape index (κ1) is 21.9. The molecule has 0 saturated carbocycles. The first-order valence-corrected chi connectivity index (χ1v) is 10.8. The molecule has 3 rings (SSSR count). The van der Waals surface area contributed by atoms with Crippen molar-refractivity contribution in [2.75, 3.05) is 36.9 Å². The Bertz CT molecular complexity index is 1050. The molecule has 30 heavy (non-hydrogen) atoms. The van der Waals surface area contributed by atoms with E-state index in [2.05, 4.69) is 10.6 Å². The van der Waals surface area contributed by atoms with Crippen molar-refractivity contribution in [3.8, 4) is 0 Å². The Kier molecular flexibility index (Phi) is 6.80. The Hall–Kier alpha value is -2.82. The summed E-state index contributed by atoms with van der Waals surface area (Å²) in [6.45, 7) is 2.45. The van der Waals surface area contributed by atoms with Crippen LogP contribution in [0.3, 0.4) is 0 Å². The number of nitrogens with one attached hydrogen (secondary N) is 2. The van der Waals surface area contributed by atoms with Gasteiger partial charge in [-0.1, -0.05) is 13.0 Å². The fourth-order valence-electron chi connectivity index (χ4n) is 2.90. The van der Waals surface area contributed by atoms with E-state index in [1.165, 1.54) is 12.1 Å². The van der Waals surface area contributed by atoms with E-state index in [1.54, 1.807) is 25.1 Å². The molecule has 1 fully saturated rings. The van der Waals surface area contributed by atoms with E-state index in [0.29, 0.717) is 12.1 Å². The molecule has 160 valence electrons. The maximum atomic E-state index is 14.3. The van der Waals surface area contributed by atoms with Gasteiger partial charge in [-0.25, -0.2) is 12.8 Å². The van der Waals surface area contributed by atoms with Crippen LogP contribution in [-0.2, 0) is 19.6 Å². The highest BCUT2D eigenvalue weighted by Crippen LogP contribution is 2.24. The van der Waals surface area contributed by atoms with E-state index < -0.39 is 26.6 Å². The van der Waals surface area contributed by atoms with Gasteiger partial charge in [0.2, 0.25) is 15.9 Å². The second-order valence-corrected chi connectivity index (χ2v) is 8.50. The van der Waals surface area contributed by atoms with Gasteiger partial charge in [-0.2, -0.15) is 4.31 Å². The molecule has 0 aliphatic carbocycles. The Morgan fingerprint density at radius 2 is 1.77 bits per heavy atom. The number of amides is 2. The summed E-state index contributed by atoms with van der Waals surface area (Å²) >= 11 is 0. The van der Waals surface area contributed by atoms with Crippen molar-refractivity contribution in [2.24, 2.45) is 0 Å². The number of anilines is 2. The third-order valence-corrected chi connectivity index (χ3v) is 6.42. The van der Waals surface area contributed by atoms with Gasteiger partial charge in [-0.05, 0) is 36.4 Å². The second kappa shape index (κ2) is 9.33. The van der Waals surface area contributed by atoms with Crippen LogP contribution in [-0.4, -0.2) is 50.8 Å². The number of carbonyl (C=O) groups excluding carboxylic acids is 2. The average molecular weight is 435 g/mol. The summed E-state index contributed by atoms with van der Waals surface area (Å²) < 4.78 is 46.1. The molecule has 1 heterocycles. The van der Waals surface area contributed by atoms with Crippen molar-refractivity contribution in [2.45, 2.75) is 18.2 Å². The topological polar surface area (TPSA) is 105 Å². The summed E-state index contributed by atoms with van der Waals surface area (Å²) in [6.07, 6.45) is 0.298. The van der Waals surface area contributed by atoms with Crippen molar-refractivity contribution >= 4 is 33.2 Å². The zero-order chi connectivity index (χ0) is 21.7. The van der Waals surface area contributed by atoms with Gasteiger partial charge in [0.1, 0.15) is 10.7 Å². The van der Waals surface area contributed by atoms with Gasteiger partial charge in [0, 0.05) is 36.4 Å². The number of benzene rings is 2. The molecule has 0 unspecified atom stereocenters. The Balaban J connectivity index is 1.81. The second-order valence-electron chi connectivity index (χ2n) is 6.60. The minimum Gasteiger partial charge on any atom is -0.379 e. The molecule has 2 aromatic carbocycles. The molecule has 0 bridgehead atoms. The van der Waals surface area contributed by atoms with Gasteiger partial charge in [-0.3, -0.25) is 9.59 Å². The highest BCUT2D eigenvalue weighted by atomic mass is 32.2. The first-order chi connectivity index (χ1) is 14.3. The van der Waals surface area contributed by atoms with Crippen LogP contribution in [0.25, 0.3) is 0 Å². The van der Waals surface area contributed by atoms with Gasteiger partial charge in [-0.15, -0.1) is 0 Å². The summed E-state index contributed by atoms with van der Waals surface area (Å²) in [7, 11) is -4.06. The van der Waals surface area contributed by atoms with Crippen LogP contribution in [0.5, 0.6) is 0 Å². The van der Waals surface area contributed by atoms with Gasteiger partial charge in [0.25, 0.3) is 5.91 Å². The van der Waals surface area contributed by atoms with Crippen LogP contribution in [0, 0.1) is 5.82 Å². The number of halogens is 1. The van der Waals surface area contributed by atoms with Gasteiger partial charge < -0.3 is 15.4 Å². The third kappa shape index (κ3) is 5.02. The lowest BCUT2D eigenvalue weighted by atomic mass is 10.1. The minimum absolute atomic E-state index is 0.134. The predicted molar refractivity (Wildman–Crippen MR) is 109 cm³/mol. The molecule has 2 amide bonds. The minimum atomic E-state index is -4.06. The van der Waals surface area contributed by atoms with Crippen molar-refractivity contribution in [1.82, 2.24) is 4.31 Å². The fraction of sp³-hybridized carbons (Fsp3) is 0.300. The zero-order valence-corrected chi connectivity index (χ0v) is 17.2. The van der Waals surface area contributed by atoms with Crippen molar-refractivity contribution in [3.05, 3.63) is 53.8 Å². The summed E-state index contributed by atoms with van der Waals surface area (Å²) in [5.41, 5.74) is 0.853. The highest BCUT2D eigenvalue weighted by molar-refractivity contribution is 7.89. The lowest BCUT2D eigenvalue weighted by Crippen LogP contribution is -2.40. The van der Waals surface area contributed by atoms with Crippen molar-refractivity contribution in [1.29, 1.82) is 0 Å². The Labute approximate surface area is 174 Å². The standard InChI is InChI=1S/C20H22FN3O5S/c1-2-19(25)22-15-5-3-4-14(12-15)20(26)23-16-6-7-17(21)18(13-16)30(27,28)24-8-10-29-11-9-24/h3-7,12-13H,2,8-11H2,1H3,(H,22,25)(H,23,26). The van der Waals surface area contributed by atoms with Crippen LogP contribution in [0.2, 0.25) is 0 Å². The summed E-state index contributed by atoms with van der Waals surface area (Å²) in [4.78, 5) is 23.6. The first-order valence-electron chi connectivity index (χ1n) is 9.40. The fourth-order valence-corrected chi connectivity index (χ4v) is 4.39. The van der Waals surface area contributed by atoms with Crippen LogP contribution < -0.4 is 10.6 Å². The molecule has 2 N–H and O–H groups in total. The molecule has 0 atom stereocenters. The molecule has 0 radical (unpaired) electrons. The molecule has 8 nitrogen and oxygen atoms in total. The summed E-state index contributed by atoms with van der Waals surface area (Å²) in [6, 6.07) is 9.69. The smallest absolute Gasteiger partial charge is 0.255 e. The average Bonchev–Trinajstić information content (AvgIpc) is 2.75. The normalized spacial score (nSPS) is 14.9. The van der Waals surface area contributed by atoms with E-state index in [4.69, 9.17) is 4.74 Å². The van der Waals surface area contributed by atoms with Crippen LogP contribution in [0.4, 0.5) is 15.8 Å². The molecular formula is C20H22FN3O5S. The number of nitrogens with zero attached hydrogens (tertiary/aromatic N) is 1. The van der Waals surface area contributed by atoms with E-state index >= 15 is 0 Å². The largest absolute Gasteiger partial charge is 0.379 e. The molecule has 1 aliphatic heterocycles. The van der Waals surface area contributed by atoms with E-state index in [0.717, 1.165) is 16.4 Å². The molecular weight excluding hydrogens is 413 g/mol. The third-order valence-electron chi connectivity index (χ3n) is 4.51. The number of ether oxygens (including phenoxy) is 1. The van der Waals surface area contributed by atoms with E-state index in [-0.39, 0.29) is 43.5 Å².